The van der Waals surface area contributed by atoms with Crippen LogP contribution in [0.5, 0.6) is 11.5 Å². The molecule has 0 radical (unpaired) electrons. The Morgan fingerprint density at radius 1 is 1.27 bits per heavy atom. The fourth-order valence-electron chi connectivity index (χ4n) is 2.76. The first-order chi connectivity index (χ1) is 14.3. The number of imide groups is 1. The summed E-state index contributed by atoms with van der Waals surface area (Å²) in [5.74, 6) is -1.01. The molecule has 0 saturated carbocycles. The molecule has 1 heterocycles. The highest BCUT2D eigenvalue weighted by molar-refractivity contribution is 14.1. The zero-order chi connectivity index (χ0) is 21.8. The Labute approximate surface area is 190 Å². The van der Waals surface area contributed by atoms with E-state index in [-0.39, 0.29) is 5.70 Å². The van der Waals surface area contributed by atoms with E-state index in [1.165, 1.54) is 12.1 Å². The number of nitrogens with zero attached hydrogens (tertiary/aromatic N) is 1. The van der Waals surface area contributed by atoms with Crippen LogP contribution in [-0.2, 0) is 9.59 Å². The maximum Gasteiger partial charge on any atom is 0.341 e. The Kier molecular flexibility index (Phi) is 6.83. The summed E-state index contributed by atoms with van der Waals surface area (Å²) in [5, 5.41) is 11.8. The molecule has 2 aromatic carbocycles. The summed E-state index contributed by atoms with van der Waals surface area (Å²) in [6, 6.07) is 9.13. The Bertz CT molecular complexity index is 1060. The number of halogens is 2. The van der Waals surface area contributed by atoms with Crippen LogP contribution in [0.4, 0.5) is 10.5 Å². The molecule has 10 heteroatoms. The number of amides is 3. The normalized spacial score (nSPS) is 14.8. The van der Waals surface area contributed by atoms with Crippen molar-refractivity contribution in [1.82, 2.24) is 5.32 Å². The Morgan fingerprint density at radius 3 is 2.70 bits per heavy atom. The van der Waals surface area contributed by atoms with Crippen LogP contribution >= 0.6 is 34.2 Å². The number of carboxylic acid groups (broad SMARTS) is 1. The topological polar surface area (TPSA) is 105 Å². The second kappa shape index (κ2) is 9.35. The number of hydrogen-bond acceptors (Lipinski definition) is 5. The summed E-state index contributed by atoms with van der Waals surface area (Å²) in [4.78, 5) is 36.9. The summed E-state index contributed by atoms with van der Waals surface area (Å²) >= 11 is 7.95. The molecule has 0 unspecified atom stereocenters. The van der Waals surface area contributed by atoms with Crippen LogP contribution < -0.4 is 19.7 Å². The van der Waals surface area contributed by atoms with Crippen LogP contribution in [0.2, 0.25) is 5.02 Å². The lowest BCUT2D eigenvalue weighted by molar-refractivity contribution is -0.139. The lowest BCUT2D eigenvalue weighted by atomic mass is 10.1. The van der Waals surface area contributed by atoms with E-state index in [0.717, 1.165) is 4.90 Å². The van der Waals surface area contributed by atoms with Gasteiger partial charge in [0.2, 0.25) is 0 Å². The summed E-state index contributed by atoms with van der Waals surface area (Å²) in [7, 11) is 0. The molecular weight excluding hydrogens is 527 g/mol. The van der Waals surface area contributed by atoms with Crippen LogP contribution in [0, 0.1) is 3.57 Å². The summed E-state index contributed by atoms with van der Waals surface area (Å²) in [5.41, 5.74) is 1.01. The van der Waals surface area contributed by atoms with Gasteiger partial charge >= 0.3 is 12.0 Å². The van der Waals surface area contributed by atoms with Gasteiger partial charge in [-0.05, 0) is 71.5 Å². The molecular formula is C20H16ClIN2O6. The van der Waals surface area contributed by atoms with Gasteiger partial charge in [-0.25, -0.2) is 14.5 Å². The number of rotatable bonds is 7. The van der Waals surface area contributed by atoms with Gasteiger partial charge in [-0.15, -0.1) is 0 Å². The second-order valence-corrected chi connectivity index (χ2v) is 7.65. The quantitative estimate of drug-likeness (QED) is 0.312. The molecule has 2 aromatic rings. The van der Waals surface area contributed by atoms with Crippen LogP contribution in [0.15, 0.2) is 42.1 Å². The number of urea groups is 1. The average molecular weight is 543 g/mol. The highest BCUT2D eigenvalue weighted by Gasteiger charge is 2.35. The van der Waals surface area contributed by atoms with Crippen molar-refractivity contribution in [3.05, 3.63) is 56.3 Å². The number of carbonyl (C=O) groups is 3. The van der Waals surface area contributed by atoms with E-state index in [1.807, 2.05) is 22.6 Å². The van der Waals surface area contributed by atoms with Crippen molar-refractivity contribution in [2.75, 3.05) is 18.1 Å². The van der Waals surface area contributed by atoms with Gasteiger partial charge in [0.25, 0.3) is 5.91 Å². The second-order valence-electron chi connectivity index (χ2n) is 6.05. The van der Waals surface area contributed by atoms with Crippen molar-refractivity contribution in [2.45, 2.75) is 6.92 Å². The van der Waals surface area contributed by atoms with Crippen LogP contribution in [-0.4, -0.2) is 36.2 Å². The maximum atomic E-state index is 12.8. The zero-order valence-corrected chi connectivity index (χ0v) is 18.6. The molecule has 0 aliphatic carbocycles. The predicted molar refractivity (Wildman–Crippen MR) is 119 cm³/mol. The highest BCUT2D eigenvalue weighted by atomic mass is 127. The van der Waals surface area contributed by atoms with Gasteiger partial charge in [0.1, 0.15) is 5.70 Å². The number of nitrogens with one attached hydrogen (secondary N) is 1. The molecule has 8 nitrogen and oxygen atoms in total. The first-order valence-electron chi connectivity index (χ1n) is 8.73. The lowest BCUT2D eigenvalue weighted by Gasteiger charge is -2.14. The van der Waals surface area contributed by atoms with Gasteiger partial charge in [-0.2, -0.15) is 0 Å². The number of carbonyl (C=O) groups excluding carboxylic acids is 2. The predicted octanol–water partition coefficient (Wildman–Crippen LogP) is 3.90. The molecule has 1 saturated heterocycles. The largest absolute Gasteiger partial charge is 0.490 e. The minimum absolute atomic E-state index is 0.0810. The smallest absolute Gasteiger partial charge is 0.341 e. The maximum absolute atomic E-state index is 12.8. The molecule has 0 aromatic heterocycles. The fraction of sp³-hybridized carbons (Fsp3) is 0.150. The van der Waals surface area contributed by atoms with E-state index in [0.29, 0.717) is 37.9 Å². The SMILES string of the molecule is CCOc1cc(/C=C2/NC(=O)N(c3cccc(Cl)c3)C2=O)cc(I)c1OCC(=O)O. The molecule has 3 amide bonds. The third-order valence-corrected chi connectivity index (χ3v) is 4.96. The van der Waals surface area contributed by atoms with Crippen molar-refractivity contribution >= 4 is 63.9 Å². The van der Waals surface area contributed by atoms with Crippen LogP contribution in [0.3, 0.4) is 0 Å². The number of carboxylic acids is 1. The number of benzene rings is 2. The fourth-order valence-corrected chi connectivity index (χ4v) is 3.73. The van der Waals surface area contributed by atoms with E-state index < -0.39 is 24.5 Å². The van der Waals surface area contributed by atoms with E-state index in [4.69, 9.17) is 26.2 Å². The van der Waals surface area contributed by atoms with Crippen molar-refractivity contribution in [3.8, 4) is 11.5 Å². The van der Waals surface area contributed by atoms with E-state index in [2.05, 4.69) is 5.32 Å². The van der Waals surface area contributed by atoms with Gasteiger partial charge in [0.05, 0.1) is 15.9 Å². The van der Waals surface area contributed by atoms with E-state index >= 15 is 0 Å². The number of anilines is 1. The zero-order valence-electron chi connectivity index (χ0n) is 15.6. The van der Waals surface area contributed by atoms with Gasteiger partial charge < -0.3 is 19.9 Å². The van der Waals surface area contributed by atoms with Gasteiger partial charge in [0, 0.05) is 5.02 Å². The first kappa shape index (κ1) is 21.9. The molecule has 1 aliphatic heterocycles. The van der Waals surface area contributed by atoms with Crippen molar-refractivity contribution in [1.29, 1.82) is 0 Å². The first-order valence-corrected chi connectivity index (χ1v) is 10.2. The summed E-state index contributed by atoms with van der Waals surface area (Å²) in [6.45, 7) is 1.60. The summed E-state index contributed by atoms with van der Waals surface area (Å²) < 4.78 is 11.5. The number of hydrogen-bond donors (Lipinski definition) is 2. The lowest BCUT2D eigenvalue weighted by Crippen LogP contribution is -2.30. The molecule has 30 heavy (non-hydrogen) atoms. The average Bonchev–Trinajstić information content (AvgIpc) is 2.94. The Balaban J connectivity index is 1.93. The molecule has 0 spiro atoms. The van der Waals surface area contributed by atoms with Crippen molar-refractivity contribution < 1.29 is 29.0 Å². The molecule has 2 N–H and O–H groups in total. The third-order valence-electron chi connectivity index (χ3n) is 3.93. The third kappa shape index (κ3) is 4.85. The van der Waals surface area contributed by atoms with Gasteiger partial charge in [0.15, 0.2) is 18.1 Å². The summed E-state index contributed by atoms with van der Waals surface area (Å²) in [6.07, 6.45) is 1.51. The molecule has 1 aliphatic rings. The highest BCUT2D eigenvalue weighted by Crippen LogP contribution is 2.35. The minimum Gasteiger partial charge on any atom is -0.490 e. The van der Waals surface area contributed by atoms with Gasteiger partial charge in [-0.1, -0.05) is 17.7 Å². The Morgan fingerprint density at radius 2 is 2.03 bits per heavy atom. The van der Waals surface area contributed by atoms with Crippen LogP contribution in [0.25, 0.3) is 6.08 Å². The molecule has 0 bridgehead atoms. The minimum atomic E-state index is -1.11. The standard InChI is InChI=1S/C20H16ClIN2O6/c1-2-29-16-8-11(6-14(22)18(16)30-10-17(25)26)7-15-19(27)24(20(28)23-15)13-5-3-4-12(21)9-13/h3-9H,2,10H2,1H3,(H,23,28)(H,25,26)/b15-7+. The molecule has 1 fully saturated rings. The van der Waals surface area contributed by atoms with Crippen molar-refractivity contribution in [3.63, 3.8) is 0 Å². The van der Waals surface area contributed by atoms with Crippen LogP contribution in [0.1, 0.15) is 12.5 Å². The van der Waals surface area contributed by atoms with E-state index in [9.17, 15) is 14.4 Å². The van der Waals surface area contributed by atoms with E-state index in [1.54, 1.807) is 37.3 Å². The number of aliphatic carboxylic acids is 1. The van der Waals surface area contributed by atoms with Crippen molar-refractivity contribution in [2.24, 2.45) is 0 Å². The monoisotopic (exact) mass is 542 g/mol. The molecule has 0 atom stereocenters. The molecule has 156 valence electrons. The molecule has 3 rings (SSSR count). The Hall–Kier alpha value is -2.79. The number of ether oxygens (including phenoxy) is 2. The van der Waals surface area contributed by atoms with Gasteiger partial charge in [-0.3, -0.25) is 4.79 Å².